The van der Waals surface area contributed by atoms with Gasteiger partial charge in [-0.1, -0.05) is 12.1 Å². The minimum absolute atomic E-state index is 0.169. The first kappa shape index (κ1) is 13.9. The second-order valence-corrected chi connectivity index (χ2v) is 4.98. The Morgan fingerprint density at radius 3 is 2.64 bits per heavy atom. The molecule has 0 aliphatic rings. The topological polar surface area (TPSA) is 120 Å². The first-order chi connectivity index (χ1) is 10.6. The Bertz CT molecular complexity index is 892. The summed E-state index contributed by atoms with van der Waals surface area (Å²) >= 11 is 0. The number of aryl methyl sites for hydroxylation is 1. The minimum Gasteiger partial charge on any atom is -0.369 e. The van der Waals surface area contributed by atoms with Crippen molar-refractivity contribution in [2.45, 2.75) is 13.0 Å². The van der Waals surface area contributed by atoms with Gasteiger partial charge in [0.15, 0.2) is 0 Å². The number of amides is 1. The lowest BCUT2D eigenvalue weighted by Gasteiger charge is -2.09. The first-order valence-electron chi connectivity index (χ1n) is 6.78. The molecule has 5 N–H and O–H groups in total. The second kappa shape index (κ2) is 5.36. The number of hydrogen-bond acceptors (Lipinski definition) is 4. The summed E-state index contributed by atoms with van der Waals surface area (Å²) in [5.41, 5.74) is 12.8. The van der Waals surface area contributed by atoms with Crippen molar-refractivity contribution in [1.82, 2.24) is 14.5 Å². The molecule has 0 aliphatic heterocycles. The van der Waals surface area contributed by atoms with Crippen molar-refractivity contribution in [2.75, 3.05) is 5.73 Å². The highest BCUT2D eigenvalue weighted by atomic mass is 16.1. The minimum atomic E-state index is -0.464. The van der Waals surface area contributed by atoms with Crippen LogP contribution in [-0.4, -0.2) is 20.4 Å². The van der Waals surface area contributed by atoms with Crippen LogP contribution in [0, 0.1) is 0 Å². The third-order valence-corrected chi connectivity index (χ3v) is 3.57. The van der Waals surface area contributed by atoms with Crippen LogP contribution in [0.3, 0.4) is 0 Å². The first-order valence-corrected chi connectivity index (χ1v) is 6.78. The lowest BCUT2D eigenvalue weighted by Crippen LogP contribution is -2.25. The monoisotopic (exact) mass is 297 g/mol. The molecule has 1 aromatic carbocycles. The maximum atomic E-state index is 12.3. The van der Waals surface area contributed by atoms with Crippen molar-refractivity contribution in [3.05, 3.63) is 58.0 Å². The number of fused-ring (bicyclic) bond motifs is 1. The molecule has 0 fully saturated rings. The summed E-state index contributed by atoms with van der Waals surface area (Å²) in [7, 11) is 0. The maximum absolute atomic E-state index is 12.3. The molecular weight excluding hydrogens is 282 g/mol. The van der Waals surface area contributed by atoms with E-state index in [1.54, 1.807) is 24.4 Å². The molecule has 0 radical (unpaired) electrons. The summed E-state index contributed by atoms with van der Waals surface area (Å²) in [5, 5.41) is 0.512. The molecule has 0 saturated heterocycles. The molecule has 0 saturated carbocycles. The summed E-state index contributed by atoms with van der Waals surface area (Å²) in [6, 6.07) is 8.63. The molecule has 2 heterocycles. The van der Waals surface area contributed by atoms with Crippen molar-refractivity contribution >= 4 is 22.9 Å². The second-order valence-electron chi connectivity index (χ2n) is 4.98. The normalized spacial score (nSPS) is 10.9. The van der Waals surface area contributed by atoms with Gasteiger partial charge in [0, 0.05) is 18.3 Å². The van der Waals surface area contributed by atoms with Crippen molar-refractivity contribution in [3.63, 3.8) is 0 Å². The predicted molar refractivity (Wildman–Crippen MR) is 83.4 cm³/mol. The number of nitrogen functional groups attached to an aromatic ring is 1. The third kappa shape index (κ3) is 2.44. The van der Waals surface area contributed by atoms with E-state index in [-0.39, 0.29) is 11.5 Å². The number of nitrogens with one attached hydrogen (secondary N) is 1. The molecule has 7 heteroatoms. The number of carbonyl (C=O) groups is 1. The number of H-pyrrole nitrogens is 1. The lowest BCUT2D eigenvalue weighted by molar-refractivity contribution is 0.100. The lowest BCUT2D eigenvalue weighted by atomic mass is 10.1. The van der Waals surface area contributed by atoms with Gasteiger partial charge in [-0.05, 0) is 30.2 Å². The van der Waals surface area contributed by atoms with Crippen LogP contribution in [0.1, 0.15) is 15.9 Å². The Balaban J connectivity index is 1.84. The van der Waals surface area contributed by atoms with E-state index >= 15 is 0 Å². The van der Waals surface area contributed by atoms with Crippen molar-refractivity contribution in [1.29, 1.82) is 0 Å². The summed E-state index contributed by atoms with van der Waals surface area (Å²) in [6.07, 6.45) is 2.26. The number of carbonyl (C=O) groups excluding carboxylic acids is 1. The highest BCUT2D eigenvalue weighted by molar-refractivity contribution is 5.92. The van der Waals surface area contributed by atoms with Crippen LogP contribution in [0.4, 0.5) is 5.95 Å². The molecule has 0 bridgehead atoms. The Hall–Kier alpha value is -3.09. The van der Waals surface area contributed by atoms with Gasteiger partial charge in [-0.2, -0.15) is 4.98 Å². The fourth-order valence-corrected chi connectivity index (χ4v) is 2.34. The molecule has 22 heavy (non-hydrogen) atoms. The van der Waals surface area contributed by atoms with E-state index in [1.807, 2.05) is 12.1 Å². The average molecular weight is 297 g/mol. The van der Waals surface area contributed by atoms with E-state index in [0.29, 0.717) is 29.6 Å². The Morgan fingerprint density at radius 1 is 1.23 bits per heavy atom. The number of aromatic nitrogens is 3. The van der Waals surface area contributed by atoms with Crippen LogP contribution in [0.2, 0.25) is 0 Å². The van der Waals surface area contributed by atoms with Gasteiger partial charge in [0.05, 0.1) is 5.39 Å². The average Bonchev–Trinajstić information content (AvgIpc) is 2.96. The number of nitrogens with two attached hydrogens (primary N) is 2. The van der Waals surface area contributed by atoms with Crippen molar-refractivity contribution in [3.8, 4) is 0 Å². The summed E-state index contributed by atoms with van der Waals surface area (Å²) < 4.78 is 1.44. The van der Waals surface area contributed by atoms with E-state index in [0.717, 1.165) is 5.56 Å². The van der Waals surface area contributed by atoms with E-state index in [2.05, 4.69) is 9.97 Å². The Morgan fingerprint density at radius 2 is 1.95 bits per heavy atom. The number of aromatic amines is 1. The molecule has 1 amide bonds. The quantitative estimate of drug-likeness (QED) is 0.654. The van der Waals surface area contributed by atoms with Crippen LogP contribution in [0.15, 0.2) is 41.3 Å². The van der Waals surface area contributed by atoms with Crippen molar-refractivity contribution < 1.29 is 4.79 Å². The van der Waals surface area contributed by atoms with Gasteiger partial charge in [-0.3, -0.25) is 14.2 Å². The highest BCUT2D eigenvalue weighted by Gasteiger charge is 2.09. The zero-order valence-corrected chi connectivity index (χ0v) is 11.7. The zero-order valence-electron chi connectivity index (χ0n) is 11.7. The summed E-state index contributed by atoms with van der Waals surface area (Å²) in [5.74, 6) is -0.289. The number of hydrogen-bond donors (Lipinski definition) is 3. The molecule has 0 spiro atoms. The zero-order chi connectivity index (χ0) is 15.7. The fourth-order valence-electron chi connectivity index (χ4n) is 2.34. The third-order valence-electron chi connectivity index (χ3n) is 3.57. The van der Waals surface area contributed by atoms with E-state index < -0.39 is 5.91 Å². The molecule has 3 aromatic rings. The van der Waals surface area contributed by atoms with Gasteiger partial charge in [0.25, 0.3) is 5.56 Å². The number of primary amides is 1. The van der Waals surface area contributed by atoms with Gasteiger partial charge in [0.2, 0.25) is 11.9 Å². The standard InChI is InChI=1S/C15H15N5O2/c16-12(21)10-3-1-9(2-4-10)6-8-20-14(22)11-5-7-18-13(11)19-15(20)17/h1-5,7,18H,6,8H2,(H2,16,21)(H2,17,19). The highest BCUT2D eigenvalue weighted by Crippen LogP contribution is 2.09. The molecule has 0 atom stereocenters. The molecule has 3 rings (SSSR count). The van der Waals surface area contributed by atoms with Gasteiger partial charge in [0.1, 0.15) is 5.65 Å². The molecule has 0 aliphatic carbocycles. The molecule has 112 valence electrons. The summed E-state index contributed by atoms with van der Waals surface area (Å²) in [6.45, 7) is 0.411. The van der Waals surface area contributed by atoms with E-state index in [4.69, 9.17) is 11.5 Å². The molecule has 0 unspecified atom stereocenters. The number of rotatable bonds is 4. The molecular formula is C15H15N5O2. The van der Waals surface area contributed by atoms with Crippen LogP contribution in [0.5, 0.6) is 0 Å². The number of anilines is 1. The smallest absolute Gasteiger partial charge is 0.264 e. The van der Waals surface area contributed by atoms with Gasteiger partial charge in [-0.25, -0.2) is 0 Å². The SMILES string of the molecule is NC(=O)c1ccc(CCn2c(N)nc3[nH]ccc3c2=O)cc1. The number of benzene rings is 1. The van der Waals surface area contributed by atoms with Gasteiger partial charge in [-0.15, -0.1) is 0 Å². The fraction of sp³-hybridized carbons (Fsp3) is 0.133. The molecule has 7 nitrogen and oxygen atoms in total. The Kier molecular flexibility index (Phi) is 3.38. The van der Waals surface area contributed by atoms with Crippen LogP contribution < -0.4 is 17.0 Å². The number of nitrogens with zero attached hydrogens (tertiary/aromatic N) is 2. The van der Waals surface area contributed by atoms with Crippen LogP contribution in [0.25, 0.3) is 11.0 Å². The largest absolute Gasteiger partial charge is 0.369 e. The van der Waals surface area contributed by atoms with E-state index in [9.17, 15) is 9.59 Å². The molecule has 2 aromatic heterocycles. The predicted octanol–water partition coefficient (Wildman–Crippen LogP) is 0.648. The maximum Gasteiger partial charge on any atom is 0.264 e. The van der Waals surface area contributed by atoms with E-state index in [1.165, 1.54) is 4.57 Å². The van der Waals surface area contributed by atoms with Crippen molar-refractivity contribution in [2.24, 2.45) is 5.73 Å². The Labute approximate surface area is 125 Å². The van der Waals surface area contributed by atoms with Gasteiger partial charge >= 0.3 is 0 Å². The van der Waals surface area contributed by atoms with Gasteiger partial charge < -0.3 is 16.5 Å². The summed E-state index contributed by atoms with van der Waals surface area (Å²) in [4.78, 5) is 30.4. The van der Waals surface area contributed by atoms with Crippen LogP contribution >= 0.6 is 0 Å². The van der Waals surface area contributed by atoms with Crippen LogP contribution in [-0.2, 0) is 13.0 Å².